The zero-order valence-corrected chi connectivity index (χ0v) is 11.7. The Morgan fingerprint density at radius 2 is 1.43 bits per heavy atom. The lowest BCUT2D eigenvalue weighted by Gasteiger charge is -2.12. The Hall–Kier alpha value is -2.71. The molecule has 0 bridgehead atoms. The van der Waals surface area contributed by atoms with Crippen LogP contribution in [0.1, 0.15) is 5.56 Å². The van der Waals surface area contributed by atoms with Crippen LogP contribution in [0.3, 0.4) is 0 Å². The highest BCUT2D eigenvalue weighted by Gasteiger charge is 2.29. The third-order valence-corrected chi connectivity index (χ3v) is 3.20. The van der Waals surface area contributed by atoms with Gasteiger partial charge in [0.05, 0.1) is 17.6 Å². The van der Waals surface area contributed by atoms with Gasteiger partial charge in [-0.05, 0) is 24.1 Å². The molecule has 2 aromatic rings. The van der Waals surface area contributed by atoms with Crippen molar-refractivity contribution in [1.29, 1.82) is 0 Å². The minimum absolute atomic E-state index is 0.0376. The van der Waals surface area contributed by atoms with Gasteiger partial charge in [-0.15, -0.1) is 0 Å². The molecule has 0 aliphatic carbocycles. The van der Waals surface area contributed by atoms with Crippen LogP contribution >= 0.6 is 0 Å². The molecule has 9 heteroatoms. The summed E-state index contributed by atoms with van der Waals surface area (Å²) in [6, 6.07) is 1.78. The molecule has 0 radical (unpaired) electrons. The average molecular weight is 333 g/mol. The van der Waals surface area contributed by atoms with E-state index in [1.165, 1.54) is 6.92 Å². The van der Waals surface area contributed by atoms with E-state index in [1.54, 1.807) is 0 Å². The van der Waals surface area contributed by atoms with Gasteiger partial charge >= 0.3 is 5.69 Å². The van der Waals surface area contributed by atoms with Gasteiger partial charge in [0, 0.05) is 6.07 Å². The highest BCUT2D eigenvalue weighted by molar-refractivity contribution is 5.73. The molecule has 0 fully saturated rings. The fraction of sp³-hybridized carbons (Fsp3) is 0.143. The van der Waals surface area contributed by atoms with E-state index in [0.717, 1.165) is 13.2 Å². The van der Waals surface area contributed by atoms with Crippen molar-refractivity contribution < 1.29 is 31.6 Å². The van der Waals surface area contributed by atoms with Crippen LogP contribution < -0.4 is 4.74 Å². The van der Waals surface area contributed by atoms with Crippen LogP contribution in [0.5, 0.6) is 5.75 Å². The molecule has 0 aliphatic rings. The lowest BCUT2D eigenvalue weighted by Crippen LogP contribution is -2.05. The highest BCUT2D eigenvalue weighted by Crippen LogP contribution is 2.39. The van der Waals surface area contributed by atoms with Crippen molar-refractivity contribution in [3.63, 3.8) is 0 Å². The van der Waals surface area contributed by atoms with Crippen molar-refractivity contribution >= 4 is 5.69 Å². The van der Waals surface area contributed by atoms with Gasteiger partial charge in [-0.2, -0.15) is 0 Å². The van der Waals surface area contributed by atoms with Gasteiger partial charge in [-0.1, -0.05) is 0 Å². The van der Waals surface area contributed by atoms with E-state index >= 15 is 0 Å². The molecule has 0 heterocycles. The minimum Gasteiger partial charge on any atom is -0.490 e. The molecular weight excluding hydrogens is 325 g/mol. The SMILES string of the molecule is COc1cc(C)c(-c2c(F)c(F)c(F)c(F)c2F)cc1[N+](=O)[O-]. The van der Waals surface area contributed by atoms with Gasteiger partial charge in [0.2, 0.25) is 5.82 Å². The number of halogens is 5. The number of nitro groups is 1. The van der Waals surface area contributed by atoms with Crippen LogP contribution in [0.4, 0.5) is 27.6 Å². The highest BCUT2D eigenvalue weighted by atomic mass is 19.2. The van der Waals surface area contributed by atoms with Crippen LogP contribution in [-0.4, -0.2) is 12.0 Å². The predicted molar refractivity (Wildman–Crippen MR) is 69.6 cm³/mol. The van der Waals surface area contributed by atoms with Crippen molar-refractivity contribution in [2.24, 2.45) is 0 Å². The monoisotopic (exact) mass is 333 g/mol. The smallest absolute Gasteiger partial charge is 0.311 e. The third kappa shape index (κ3) is 2.58. The fourth-order valence-electron chi connectivity index (χ4n) is 2.09. The van der Waals surface area contributed by atoms with Crippen LogP contribution in [0, 0.1) is 46.1 Å². The number of hydrogen-bond donors (Lipinski definition) is 0. The Balaban J connectivity index is 2.88. The lowest BCUT2D eigenvalue weighted by atomic mass is 9.97. The molecule has 0 atom stereocenters. The second-order valence-electron chi connectivity index (χ2n) is 4.54. The molecule has 0 unspecified atom stereocenters. The number of aryl methyl sites for hydroxylation is 1. The Bertz CT molecular complexity index is 794. The van der Waals surface area contributed by atoms with Gasteiger partial charge < -0.3 is 4.74 Å². The number of methoxy groups -OCH3 is 1. The Labute approximate surface area is 126 Å². The van der Waals surface area contributed by atoms with E-state index < -0.39 is 50.8 Å². The molecule has 0 aliphatic heterocycles. The van der Waals surface area contributed by atoms with Crippen molar-refractivity contribution in [3.05, 3.63) is 56.9 Å². The van der Waals surface area contributed by atoms with Gasteiger partial charge in [0.1, 0.15) is 0 Å². The molecule has 0 amide bonds. The topological polar surface area (TPSA) is 52.4 Å². The van der Waals surface area contributed by atoms with Crippen LogP contribution in [-0.2, 0) is 0 Å². The van der Waals surface area contributed by atoms with Crippen molar-refractivity contribution in [2.75, 3.05) is 7.11 Å². The summed E-state index contributed by atoms with van der Waals surface area (Å²) in [4.78, 5) is 10.1. The third-order valence-electron chi connectivity index (χ3n) is 3.20. The summed E-state index contributed by atoms with van der Waals surface area (Å²) >= 11 is 0. The summed E-state index contributed by atoms with van der Waals surface area (Å²) in [7, 11) is 1.14. The first-order chi connectivity index (χ1) is 10.7. The van der Waals surface area contributed by atoms with Gasteiger partial charge in [0.25, 0.3) is 0 Å². The number of ether oxygens (including phenoxy) is 1. The largest absolute Gasteiger partial charge is 0.490 e. The normalized spacial score (nSPS) is 10.7. The number of rotatable bonds is 3. The number of nitro benzene ring substituents is 1. The molecule has 0 saturated carbocycles. The standard InChI is InChI=1S/C14H8F5NO3/c1-5-3-8(23-2)7(20(21)22)4-6(5)9-10(15)12(17)14(19)13(18)11(9)16/h3-4H,1-2H3. The zero-order chi connectivity index (χ0) is 17.5. The second kappa shape index (κ2) is 5.82. The summed E-state index contributed by atoms with van der Waals surface area (Å²) < 4.78 is 72.2. The average Bonchev–Trinajstić information content (AvgIpc) is 2.51. The van der Waals surface area contributed by atoms with Gasteiger partial charge in [-0.25, -0.2) is 22.0 Å². The first kappa shape index (κ1) is 16.7. The van der Waals surface area contributed by atoms with Crippen LogP contribution in [0.2, 0.25) is 0 Å². The number of hydrogen-bond acceptors (Lipinski definition) is 3. The lowest BCUT2D eigenvalue weighted by molar-refractivity contribution is -0.385. The summed E-state index contributed by atoms with van der Waals surface area (Å²) in [5.74, 6) is -10.9. The summed E-state index contributed by atoms with van der Waals surface area (Å²) in [6.45, 7) is 1.29. The molecule has 0 saturated heterocycles. The molecular formula is C14H8F5NO3. The maximum absolute atomic E-state index is 13.9. The van der Waals surface area contributed by atoms with E-state index in [1.807, 2.05) is 0 Å². The van der Waals surface area contributed by atoms with E-state index in [9.17, 15) is 32.1 Å². The van der Waals surface area contributed by atoms with Crippen molar-refractivity contribution in [3.8, 4) is 16.9 Å². The molecule has 0 spiro atoms. The zero-order valence-electron chi connectivity index (χ0n) is 11.7. The second-order valence-corrected chi connectivity index (χ2v) is 4.54. The quantitative estimate of drug-likeness (QED) is 0.277. The number of benzene rings is 2. The van der Waals surface area contributed by atoms with E-state index in [-0.39, 0.29) is 11.3 Å². The minimum atomic E-state index is -2.30. The van der Waals surface area contributed by atoms with Crippen LogP contribution in [0.25, 0.3) is 11.1 Å². The molecule has 122 valence electrons. The Kier molecular flexibility index (Phi) is 4.22. The van der Waals surface area contributed by atoms with Crippen molar-refractivity contribution in [2.45, 2.75) is 6.92 Å². The maximum Gasteiger partial charge on any atom is 0.311 e. The van der Waals surface area contributed by atoms with E-state index in [4.69, 9.17) is 4.74 Å². The van der Waals surface area contributed by atoms with E-state index in [2.05, 4.69) is 0 Å². The summed E-state index contributed by atoms with van der Waals surface area (Å²) in [6.07, 6.45) is 0. The van der Waals surface area contributed by atoms with Gasteiger partial charge in [0.15, 0.2) is 29.0 Å². The first-order valence-electron chi connectivity index (χ1n) is 6.05. The number of nitrogens with zero attached hydrogens (tertiary/aromatic N) is 1. The maximum atomic E-state index is 13.9. The predicted octanol–water partition coefficient (Wildman–Crippen LogP) is 4.27. The molecule has 2 rings (SSSR count). The van der Waals surface area contributed by atoms with E-state index in [0.29, 0.717) is 6.07 Å². The van der Waals surface area contributed by atoms with Crippen molar-refractivity contribution in [1.82, 2.24) is 0 Å². The summed E-state index contributed by atoms with van der Waals surface area (Å²) in [5, 5.41) is 11.0. The molecule has 2 aromatic carbocycles. The fourth-order valence-corrected chi connectivity index (χ4v) is 2.09. The summed E-state index contributed by atoms with van der Waals surface area (Å²) in [5.41, 5.74) is -2.36. The first-order valence-corrected chi connectivity index (χ1v) is 6.05. The molecule has 0 N–H and O–H groups in total. The Morgan fingerprint density at radius 3 is 1.87 bits per heavy atom. The molecule has 4 nitrogen and oxygen atoms in total. The van der Waals surface area contributed by atoms with Crippen LogP contribution in [0.15, 0.2) is 12.1 Å². The molecule has 0 aromatic heterocycles. The Morgan fingerprint density at radius 1 is 0.957 bits per heavy atom. The molecule has 23 heavy (non-hydrogen) atoms. The van der Waals surface area contributed by atoms with Gasteiger partial charge in [-0.3, -0.25) is 10.1 Å².